The monoisotopic (exact) mass is 582 g/mol. The van der Waals surface area contributed by atoms with E-state index in [0.29, 0.717) is 28.5 Å². The molecule has 1 fully saturated rings. The Bertz CT molecular complexity index is 1810. The lowest BCUT2D eigenvalue weighted by Gasteiger charge is -2.38. The molecule has 4 unspecified atom stereocenters. The number of carbonyl (C=O) groups is 3. The minimum Gasteiger partial charge on any atom is -0.497 e. The molecule has 0 bridgehead atoms. The first-order chi connectivity index (χ1) is 21.3. The highest BCUT2D eigenvalue weighted by Crippen LogP contribution is 2.62. The van der Waals surface area contributed by atoms with Crippen molar-refractivity contribution >= 4 is 29.2 Å². The van der Waals surface area contributed by atoms with E-state index in [1.807, 2.05) is 90.0 Å². The number of fused-ring (bicyclic) bond motifs is 6. The number of ether oxygens (including phenoxy) is 1. The van der Waals surface area contributed by atoms with Crippen molar-refractivity contribution in [2.24, 2.45) is 11.8 Å². The van der Waals surface area contributed by atoms with Gasteiger partial charge in [-0.1, -0.05) is 80.6 Å². The van der Waals surface area contributed by atoms with Gasteiger partial charge >= 0.3 is 0 Å². The van der Waals surface area contributed by atoms with Gasteiger partial charge in [0.2, 0.25) is 5.91 Å². The van der Waals surface area contributed by atoms with Crippen molar-refractivity contribution in [3.8, 4) is 5.75 Å². The van der Waals surface area contributed by atoms with Crippen molar-refractivity contribution < 1.29 is 19.1 Å². The molecule has 1 saturated heterocycles. The Labute approximate surface area is 257 Å². The first-order valence-corrected chi connectivity index (χ1v) is 15.1. The summed E-state index contributed by atoms with van der Waals surface area (Å²) in [7, 11) is 1.58. The number of nitrogens with one attached hydrogen (secondary N) is 1. The van der Waals surface area contributed by atoms with Crippen LogP contribution in [0.15, 0.2) is 103 Å². The van der Waals surface area contributed by atoms with E-state index in [4.69, 9.17) is 4.74 Å². The highest BCUT2D eigenvalue weighted by Gasteiger charge is 2.70. The van der Waals surface area contributed by atoms with Gasteiger partial charge in [0.05, 0.1) is 19.1 Å². The van der Waals surface area contributed by atoms with Crippen LogP contribution in [-0.4, -0.2) is 35.5 Å². The summed E-state index contributed by atoms with van der Waals surface area (Å²) in [6, 6.07) is 28.6. The van der Waals surface area contributed by atoms with E-state index in [9.17, 15) is 14.4 Å². The third-order valence-electron chi connectivity index (χ3n) is 9.38. The summed E-state index contributed by atoms with van der Waals surface area (Å²) in [4.78, 5) is 46.2. The molecule has 1 spiro atoms. The van der Waals surface area contributed by atoms with Gasteiger partial charge in [-0.05, 0) is 71.0 Å². The SMILES string of the molecule is COc1ccc(C(=O)C2C(C(=O)c3ccc(CC(C)C)cc3)C3(C(=O)Nc4ccccc43)C3c4ccccc4C=CN23)cc1. The number of methoxy groups -OCH3 is 1. The van der Waals surface area contributed by atoms with E-state index in [-0.39, 0.29) is 17.5 Å². The number of nitrogens with zero attached hydrogens (tertiary/aromatic N) is 1. The fourth-order valence-electron chi connectivity index (χ4n) is 7.55. The van der Waals surface area contributed by atoms with Crippen LogP contribution in [0.25, 0.3) is 6.08 Å². The van der Waals surface area contributed by atoms with Gasteiger partial charge in [-0.2, -0.15) is 0 Å². The zero-order chi connectivity index (χ0) is 30.6. The van der Waals surface area contributed by atoms with Gasteiger partial charge in [0.1, 0.15) is 17.2 Å². The maximum atomic E-state index is 15.0. The fourth-order valence-corrected chi connectivity index (χ4v) is 7.55. The van der Waals surface area contributed by atoms with Crippen molar-refractivity contribution in [1.29, 1.82) is 0 Å². The molecule has 0 aliphatic carbocycles. The Morgan fingerprint density at radius 2 is 1.52 bits per heavy atom. The topological polar surface area (TPSA) is 75.7 Å². The van der Waals surface area contributed by atoms with Crippen molar-refractivity contribution in [3.63, 3.8) is 0 Å². The van der Waals surface area contributed by atoms with Gasteiger partial charge in [-0.25, -0.2) is 0 Å². The first-order valence-electron chi connectivity index (χ1n) is 15.1. The summed E-state index contributed by atoms with van der Waals surface area (Å²) in [6.45, 7) is 4.32. The van der Waals surface area contributed by atoms with E-state index in [2.05, 4.69) is 19.2 Å². The van der Waals surface area contributed by atoms with Crippen LogP contribution in [-0.2, 0) is 16.6 Å². The van der Waals surface area contributed by atoms with Gasteiger partial charge in [-0.15, -0.1) is 0 Å². The molecule has 4 aromatic rings. The van der Waals surface area contributed by atoms with Gasteiger partial charge in [0, 0.05) is 23.0 Å². The lowest BCUT2D eigenvalue weighted by Crippen LogP contribution is -2.49. The van der Waals surface area contributed by atoms with Crippen molar-refractivity contribution in [2.75, 3.05) is 12.4 Å². The number of ketones is 2. The molecule has 44 heavy (non-hydrogen) atoms. The van der Waals surface area contributed by atoms with E-state index in [1.165, 1.54) is 0 Å². The van der Waals surface area contributed by atoms with Crippen molar-refractivity contribution in [3.05, 3.63) is 137 Å². The number of hydrogen-bond donors (Lipinski definition) is 1. The van der Waals surface area contributed by atoms with E-state index in [0.717, 1.165) is 28.7 Å². The zero-order valence-electron chi connectivity index (χ0n) is 25.0. The molecule has 6 heteroatoms. The van der Waals surface area contributed by atoms with Crippen LogP contribution in [0.3, 0.4) is 0 Å². The third-order valence-corrected chi connectivity index (χ3v) is 9.38. The average molecular weight is 583 g/mol. The van der Waals surface area contributed by atoms with E-state index < -0.39 is 23.4 Å². The molecule has 3 heterocycles. The molecule has 0 saturated carbocycles. The van der Waals surface area contributed by atoms with Crippen LogP contribution in [0.4, 0.5) is 5.69 Å². The Balaban J connectivity index is 1.47. The van der Waals surface area contributed by atoms with Crippen LogP contribution >= 0.6 is 0 Å². The molecule has 3 aliphatic heterocycles. The summed E-state index contributed by atoms with van der Waals surface area (Å²) in [5, 5.41) is 3.11. The second-order valence-electron chi connectivity index (χ2n) is 12.3. The van der Waals surface area contributed by atoms with Gasteiger partial charge in [0.15, 0.2) is 11.6 Å². The summed E-state index contributed by atoms with van der Waals surface area (Å²) < 4.78 is 5.34. The number of Topliss-reactive ketones (excluding diaryl/α,β-unsaturated/α-hetero) is 2. The highest BCUT2D eigenvalue weighted by atomic mass is 16.5. The minimum atomic E-state index is -1.35. The van der Waals surface area contributed by atoms with E-state index >= 15 is 0 Å². The molecule has 220 valence electrons. The third kappa shape index (κ3) is 4.12. The predicted molar refractivity (Wildman–Crippen MR) is 171 cm³/mol. The molecule has 0 radical (unpaired) electrons. The van der Waals surface area contributed by atoms with Gasteiger partial charge in [-0.3, -0.25) is 14.4 Å². The first kappa shape index (κ1) is 27.8. The Hall–Kier alpha value is -4.97. The van der Waals surface area contributed by atoms with Gasteiger partial charge < -0.3 is 15.0 Å². The lowest BCUT2D eigenvalue weighted by atomic mass is 9.62. The number of anilines is 1. The highest BCUT2D eigenvalue weighted by molar-refractivity contribution is 6.16. The van der Waals surface area contributed by atoms with E-state index in [1.54, 1.807) is 31.4 Å². The predicted octanol–water partition coefficient (Wildman–Crippen LogP) is 6.88. The number of amides is 1. The molecular weight excluding hydrogens is 548 g/mol. The molecule has 4 atom stereocenters. The number of hydrogen-bond acceptors (Lipinski definition) is 5. The molecule has 1 N–H and O–H groups in total. The Kier molecular flexibility index (Phi) is 6.73. The summed E-state index contributed by atoms with van der Waals surface area (Å²) in [6.07, 6.45) is 4.77. The smallest absolute Gasteiger partial charge is 0.238 e. The second-order valence-corrected chi connectivity index (χ2v) is 12.3. The standard InChI is InChI=1S/C38H34N2O4/c1-23(2)22-24-12-14-26(15-13-24)34(41)32-33(35(42)27-16-18-28(44-3)19-17-27)40-21-20-25-8-4-5-9-29(25)36(40)38(32)30-10-6-7-11-31(30)39-37(38)43/h4-21,23,32-33,36H,22H2,1-3H3,(H,39,43). The average Bonchev–Trinajstić information content (AvgIpc) is 3.52. The fraction of sp³-hybridized carbons (Fsp3) is 0.237. The Morgan fingerprint density at radius 1 is 0.864 bits per heavy atom. The summed E-state index contributed by atoms with van der Waals surface area (Å²) in [5.74, 6) is -0.600. The molecular formula is C38H34N2O4. The number of para-hydroxylation sites is 1. The molecule has 3 aliphatic rings. The number of carbonyl (C=O) groups excluding carboxylic acids is 3. The summed E-state index contributed by atoms with van der Waals surface area (Å²) in [5.41, 5.74) is 4.03. The maximum Gasteiger partial charge on any atom is 0.238 e. The van der Waals surface area contributed by atoms with Crippen molar-refractivity contribution in [2.45, 2.75) is 37.8 Å². The minimum absolute atomic E-state index is 0.217. The zero-order valence-corrected chi connectivity index (χ0v) is 25.0. The number of rotatable bonds is 7. The van der Waals surface area contributed by atoms with Crippen LogP contribution in [0, 0.1) is 11.8 Å². The Morgan fingerprint density at radius 3 is 2.25 bits per heavy atom. The maximum absolute atomic E-state index is 15.0. The van der Waals surface area contributed by atoms with Crippen LogP contribution in [0.1, 0.15) is 62.9 Å². The normalized spacial score (nSPS) is 22.9. The molecule has 4 aromatic carbocycles. The van der Waals surface area contributed by atoms with Crippen molar-refractivity contribution in [1.82, 2.24) is 4.90 Å². The van der Waals surface area contributed by atoms with Crippen LogP contribution in [0.5, 0.6) is 5.75 Å². The number of benzene rings is 4. The molecule has 0 aromatic heterocycles. The largest absolute Gasteiger partial charge is 0.497 e. The molecule has 1 amide bonds. The molecule has 7 rings (SSSR count). The van der Waals surface area contributed by atoms with Crippen LogP contribution in [0.2, 0.25) is 0 Å². The summed E-state index contributed by atoms with van der Waals surface area (Å²) >= 11 is 0. The second kappa shape index (κ2) is 10.6. The lowest BCUT2D eigenvalue weighted by molar-refractivity contribution is -0.122. The van der Waals surface area contributed by atoms with Gasteiger partial charge in [0.25, 0.3) is 0 Å². The molecule has 6 nitrogen and oxygen atoms in total. The quantitative estimate of drug-likeness (QED) is 0.241. The van der Waals surface area contributed by atoms with Crippen LogP contribution < -0.4 is 10.1 Å².